The Labute approximate surface area is 102 Å². The summed E-state index contributed by atoms with van der Waals surface area (Å²) in [7, 11) is 0. The topological polar surface area (TPSA) is 32.3 Å². The SMILES string of the molecule is CCc1ccc(CC(O)C2CCCNC2)s1. The lowest BCUT2D eigenvalue weighted by Crippen LogP contribution is -2.37. The van der Waals surface area contributed by atoms with Gasteiger partial charge in [0.25, 0.3) is 0 Å². The normalized spacial score (nSPS) is 23.2. The zero-order valence-electron chi connectivity index (χ0n) is 9.91. The molecule has 90 valence electrons. The van der Waals surface area contributed by atoms with Gasteiger partial charge in [-0.1, -0.05) is 6.92 Å². The van der Waals surface area contributed by atoms with Gasteiger partial charge in [0.2, 0.25) is 0 Å². The van der Waals surface area contributed by atoms with Gasteiger partial charge in [0.15, 0.2) is 0 Å². The predicted octanol–water partition coefficient (Wildman–Crippen LogP) is 2.21. The molecule has 0 aromatic carbocycles. The molecule has 1 aliphatic heterocycles. The molecule has 0 spiro atoms. The van der Waals surface area contributed by atoms with Crippen LogP contribution in [0.2, 0.25) is 0 Å². The molecule has 0 amide bonds. The smallest absolute Gasteiger partial charge is 0.0628 e. The molecule has 2 atom stereocenters. The van der Waals surface area contributed by atoms with Gasteiger partial charge in [-0.05, 0) is 43.9 Å². The maximum Gasteiger partial charge on any atom is 0.0628 e. The van der Waals surface area contributed by atoms with E-state index in [1.165, 1.54) is 22.6 Å². The van der Waals surface area contributed by atoms with Crippen molar-refractivity contribution in [1.82, 2.24) is 5.32 Å². The first-order chi connectivity index (χ1) is 7.79. The zero-order valence-corrected chi connectivity index (χ0v) is 10.7. The van der Waals surface area contributed by atoms with E-state index in [1.807, 2.05) is 11.3 Å². The lowest BCUT2D eigenvalue weighted by atomic mass is 9.92. The van der Waals surface area contributed by atoms with Crippen molar-refractivity contribution in [2.24, 2.45) is 5.92 Å². The highest BCUT2D eigenvalue weighted by molar-refractivity contribution is 7.11. The van der Waals surface area contributed by atoms with Crippen molar-refractivity contribution in [2.75, 3.05) is 13.1 Å². The predicted molar refractivity (Wildman–Crippen MR) is 69.0 cm³/mol. The van der Waals surface area contributed by atoms with Gasteiger partial charge in [0, 0.05) is 22.7 Å². The van der Waals surface area contributed by atoms with E-state index < -0.39 is 0 Å². The van der Waals surface area contributed by atoms with E-state index >= 15 is 0 Å². The molecule has 2 rings (SSSR count). The number of thiophene rings is 1. The van der Waals surface area contributed by atoms with Crippen molar-refractivity contribution < 1.29 is 5.11 Å². The van der Waals surface area contributed by atoms with Crippen molar-refractivity contribution in [2.45, 2.75) is 38.7 Å². The summed E-state index contributed by atoms with van der Waals surface area (Å²) in [6.07, 6.45) is 4.13. The zero-order chi connectivity index (χ0) is 11.4. The standard InChI is InChI=1S/C13H21NOS/c1-2-11-5-6-12(16-11)8-13(15)10-4-3-7-14-9-10/h5-6,10,13-15H,2-4,7-9H2,1H3. The highest BCUT2D eigenvalue weighted by atomic mass is 32.1. The fourth-order valence-electron chi connectivity index (χ4n) is 2.30. The highest BCUT2D eigenvalue weighted by Crippen LogP contribution is 2.22. The summed E-state index contributed by atoms with van der Waals surface area (Å²) >= 11 is 1.84. The third-order valence-electron chi connectivity index (χ3n) is 3.36. The van der Waals surface area contributed by atoms with Gasteiger partial charge >= 0.3 is 0 Å². The molecule has 0 radical (unpaired) electrons. The average molecular weight is 239 g/mol. The van der Waals surface area contributed by atoms with Crippen LogP contribution in [0.25, 0.3) is 0 Å². The summed E-state index contributed by atoms with van der Waals surface area (Å²) in [6, 6.07) is 4.36. The second-order valence-electron chi connectivity index (χ2n) is 4.60. The Morgan fingerprint density at radius 2 is 2.31 bits per heavy atom. The van der Waals surface area contributed by atoms with Crippen molar-refractivity contribution in [1.29, 1.82) is 0 Å². The number of aliphatic hydroxyl groups excluding tert-OH is 1. The van der Waals surface area contributed by atoms with Gasteiger partial charge in [-0.2, -0.15) is 0 Å². The molecule has 3 heteroatoms. The second kappa shape index (κ2) is 5.80. The summed E-state index contributed by atoms with van der Waals surface area (Å²) < 4.78 is 0. The van der Waals surface area contributed by atoms with Gasteiger partial charge in [-0.25, -0.2) is 0 Å². The minimum atomic E-state index is -0.170. The number of nitrogens with one attached hydrogen (secondary N) is 1. The molecule has 1 aliphatic rings. The Kier molecular flexibility index (Phi) is 4.38. The van der Waals surface area contributed by atoms with Crippen LogP contribution in [-0.4, -0.2) is 24.3 Å². The quantitative estimate of drug-likeness (QED) is 0.844. The van der Waals surface area contributed by atoms with Crippen LogP contribution in [0.3, 0.4) is 0 Å². The van der Waals surface area contributed by atoms with E-state index in [1.54, 1.807) is 0 Å². The monoisotopic (exact) mass is 239 g/mol. The Hall–Kier alpha value is -0.380. The molecule has 0 aliphatic carbocycles. The van der Waals surface area contributed by atoms with Gasteiger partial charge < -0.3 is 10.4 Å². The van der Waals surface area contributed by atoms with Crippen LogP contribution >= 0.6 is 11.3 Å². The van der Waals surface area contributed by atoms with Gasteiger partial charge in [-0.15, -0.1) is 11.3 Å². The minimum absolute atomic E-state index is 0.170. The second-order valence-corrected chi connectivity index (χ2v) is 5.85. The minimum Gasteiger partial charge on any atom is -0.392 e. The number of aryl methyl sites for hydroxylation is 1. The van der Waals surface area contributed by atoms with E-state index in [2.05, 4.69) is 24.4 Å². The van der Waals surface area contributed by atoms with Crippen molar-refractivity contribution in [3.05, 3.63) is 21.9 Å². The van der Waals surface area contributed by atoms with Crippen LogP contribution in [0.4, 0.5) is 0 Å². The maximum absolute atomic E-state index is 10.2. The van der Waals surface area contributed by atoms with E-state index in [0.717, 1.165) is 25.9 Å². The maximum atomic E-state index is 10.2. The molecule has 2 nitrogen and oxygen atoms in total. The number of hydrogen-bond acceptors (Lipinski definition) is 3. The van der Waals surface area contributed by atoms with E-state index in [4.69, 9.17) is 0 Å². The Morgan fingerprint density at radius 1 is 1.50 bits per heavy atom. The summed E-state index contributed by atoms with van der Waals surface area (Å²) in [5.41, 5.74) is 0. The fourth-order valence-corrected chi connectivity index (χ4v) is 3.31. The molecule has 2 unspecified atom stereocenters. The Balaban J connectivity index is 1.87. The Bertz CT molecular complexity index is 317. The number of aliphatic hydroxyl groups is 1. The number of piperidine rings is 1. The van der Waals surface area contributed by atoms with Gasteiger partial charge in [-0.3, -0.25) is 0 Å². The third-order valence-corrected chi connectivity index (χ3v) is 4.61. The van der Waals surface area contributed by atoms with Crippen molar-refractivity contribution in [3.8, 4) is 0 Å². The molecule has 0 bridgehead atoms. The first-order valence-corrected chi connectivity index (χ1v) is 7.07. The molecule has 1 fully saturated rings. The van der Waals surface area contributed by atoms with Crippen LogP contribution in [-0.2, 0) is 12.8 Å². The molecule has 16 heavy (non-hydrogen) atoms. The number of hydrogen-bond donors (Lipinski definition) is 2. The van der Waals surface area contributed by atoms with Crippen LogP contribution in [0.1, 0.15) is 29.5 Å². The summed E-state index contributed by atoms with van der Waals surface area (Å²) in [6.45, 7) is 4.27. The van der Waals surface area contributed by atoms with Crippen LogP contribution in [0, 0.1) is 5.92 Å². The lowest BCUT2D eigenvalue weighted by Gasteiger charge is -2.27. The first-order valence-electron chi connectivity index (χ1n) is 6.26. The van der Waals surface area contributed by atoms with E-state index in [-0.39, 0.29) is 6.10 Å². The summed E-state index contributed by atoms with van der Waals surface area (Å²) in [4.78, 5) is 2.75. The first kappa shape index (κ1) is 12.1. The molecule has 1 aromatic heterocycles. The summed E-state index contributed by atoms with van der Waals surface area (Å²) in [5.74, 6) is 0.445. The molecular weight excluding hydrogens is 218 g/mol. The fraction of sp³-hybridized carbons (Fsp3) is 0.692. The van der Waals surface area contributed by atoms with Gasteiger partial charge in [0.1, 0.15) is 0 Å². The van der Waals surface area contributed by atoms with E-state index in [9.17, 15) is 5.11 Å². The molecular formula is C13H21NOS. The number of rotatable bonds is 4. The molecule has 1 aromatic rings. The molecule has 2 heterocycles. The Morgan fingerprint density at radius 3 is 2.94 bits per heavy atom. The third kappa shape index (κ3) is 3.06. The van der Waals surface area contributed by atoms with E-state index in [0.29, 0.717) is 5.92 Å². The van der Waals surface area contributed by atoms with Crippen molar-refractivity contribution in [3.63, 3.8) is 0 Å². The lowest BCUT2D eigenvalue weighted by molar-refractivity contribution is 0.0929. The van der Waals surface area contributed by atoms with Gasteiger partial charge in [0.05, 0.1) is 6.10 Å². The largest absolute Gasteiger partial charge is 0.392 e. The van der Waals surface area contributed by atoms with Crippen LogP contribution in [0.15, 0.2) is 12.1 Å². The molecule has 2 N–H and O–H groups in total. The average Bonchev–Trinajstić information content (AvgIpc) is 2.78. The summed E-state index contributed by atoms with van der Waals surface area (Å²) in [5, 5.41) is 13.5. The molecule has 0 saturated carbocycles. The molecule has 1 saturated heterocycles. The van der Waals surface area contributed by atoms with Crippen LogP contribution < -0.4 is 5.32 Å². The van der Waals surface area contributed by atoms with Crippen molar-refractivity contribution >= 4 is 11.3 Å². The van der Waals surface area contributed by atoms with Crippen LogP contribution in [0.5, 0.6) is 0 Å². The highest BCUT2D eigenvalue weighted by Gasteiger charge is 2.21.